The summed E-state index contributed by atoms with van der Waals surface area (Å²) in [5.74, 6) is 6.34. The Morgan fingerprint density at radius 1 is 0.810 bits per heavy atom. The van der Waals surface area contributed by atoms with Crippen LogP contribution in [0.1, 0.15) is 12.0 Å². The van der Waals surface area contributed by atoms with Gasteiger partial charge in [0.1, 0.15) is 0 Å². The van der Waals surface area contributed by atoms with E-state index in [0.29, 0.717) is 0 Å². The first-order valence-electron chi connectivity index (χ1n) is 6.85. The molecule has 21 heavy (non-hydrogen) atoms. The molecule has 1 aliphatic carbocycles. The van der Waals surface area contributed by atoms with E-state index in [9.17, 15) is 0 Å². The molecular formula is C19H14N2. The molecule has 0 fully saturated rings. The molecule has 0 aromatic heterocycles. The number of allylic oxidation sites excluding steroid dienone is 4. The Labute approximate surface area is 124 Å². The summed E-state index contributed by atoms with van der Waals surface area (Å²) < 4.78 is 0. The van der Waals surface area contributed by atoms with Crippen molar-refractivity contribution in [3.63, 3.8) is 0 Å². The highest BCUT2D eigenvalue weighted by Crippen LogP contribution is 2.18. The molecular weight excluding hydrogens is 256 g/mol. The summed E-state index contributed by atoms with van der Waals surface area (Å²) in [4.78, 5) is 0. The van der Waals surface area contributed by atoms with Crippen molar-refractivity contribution in [3.8, 4) is 11.8 Å². The van der Waals surface area contributed by atoms with Crippen LogP contribution < -0.4 is 0 Å². The summed E-state index contributed by atoms with van der Waals surface area (Å²) in [6.07, 6.45) is 7.12. The monoisotopic (exact) mass is 270 g/mol. The number of nitrogens with zero attached hydrogens (tertiary/aromatic N) is 2. The number of azo groups is 1. The fourth-order valence-corrected chi connectivity index (χ4v) is 1.95. The van der Waals surface area contributed by atoms with Crippen LogP contribution in [0.4, 0.5) is 11.4 Å². The van der Waals surface area contributed by atoms with Crippen LogP contribution in [0.3, 0.4) is 0 Å². The molecule has 0 spiro atoms. The second-order valence-corrected chi connectivity index (χ2v) is 4.66. The lowest BCUT2D eigenvalue weighted by molar-refractivity contribution is 1.23. The maximum atomic E-state index is 4.25. The quantitative estimate of drug-likeness (QED) is 0.520. The summed E-state index contributed by atoms with van der Waals surface area (Å²) in [7, 11) is 0. The third-order valence-corrected chi connectivity index (χ3v) is 3.02. The van der Waals surface area contributed by atoms with Gasteiger partial charge in [-0.15, -0.1) is 0 Å². The van der Waals surface area contributed by atoms with Crippen LogP contribution in [-0.2, 0) is 0 Å². The molecule has 2 aromatic rings. The zero-order chi connectivity index (χ0) is 14.3. The molecule has 3 rings (SSSR count). The molecule has 0 N–H and O–H groups in total. The van der Waals surface area contributed by atoms with Gasteiger partial charge < -0.3 is 0 Å². The van der Waals surface area contributed by atoms with Gasteiger partial charge in [-0.3, -0.25) is 0 Å². The van der Waals surface area contributed by atoms with E-state index in [4.69, 9.17) is 0 Å². The van der Waals surface area contributed by atoms with E-state index >= 15 is 0 Å². The zero-order valence-corrected chi connectivity index (χ0v) is 11.5. The maximum Gasteiger partial charge on any atom is 0.0869 e. The highest BCUT2D eigenvalue weighted by atomic mass is 15.1. The second kappa shape index (κ2) is 6.49. The average molecular weight is 270 g/mol. The zero-order valence-electron chi connectivity index (χ0n) is 11.5. The van der Waals surface area contributed by atoms with Crippen molar-refractivity contribution in [2.45, 2.75) is 6.42 Å². The fraction of sp³-hybridized carbons (Fsp3) is 0.0526. The topological polar surface area (TPSA) is 24.7 Å². The largest absolute Gasteiger partial charge is 0.151 e. The van der Waals surface area contributed by atoms with E-state index in [0.717, 1.165) is 28.9 Å². The molecule has 0 amide bonds. The van der Waals surface area contributed by atoms with Crippen molar-refractivity contribution in [3.05, 3.63) is 84.0 Å². The van der Waals surface area contributed by atoms with Gasteiger partial charge in [-0.1, -0.05) is 54.3 Å². The number of hydrogen-bond donors (Lipinski definition) is 0. The van der Waals surface area contributed by atoms with Gasteiger partial charge in [0.2, 0.25) is 0 Å². The lowest BCUT2D eigenvalue weighted by Gasteiger charge is -1.95. The van der Waals surface area contributed by atoms with Gasteiger partial charge in [-0.05, 0) is 36.8 Å². The Balaban J connectivity index is 1.75. The number of benzene rings is 2. The summed E-state index contributed by atoms with van der Waals surface area (Å²) >= 11 is 0. The van der Waals surface area contributed by atoms with Crippen LogP contribution in [-0.4, -0.2) is 0 Å². The van der Waals surface area contributed by atoms with Crippen LogP contribution in [0.15, 0.2) is 88.6 Å². The van der Waals surface area contributed by atoms with Crippen molar-refractivity contribution >= 4 is 11.4 Å². The van der Waals surface area contributed by atoms with Gasteiger partial charge in [0.15, 0.2) is 0 Å². The minimum Gasteiger partial charge on any atom is -0.151 e. The molecule has 0 saturated carbocycles. The van der Waals surface area contributed by atoms with Gasteiger partial charge >= 0.3 is 0 Å². The number of hydrogen-bond acceptors (Lipinski definition) is 2. The summed E-state index contributed by atoms with van der Waals surface area (Å²) in [6.45, 7) is 0. The summed E-state index contributed by atoms with van der Waals surface area (Å²) in [5, 5.41) is 8.46. The molecule has 0 aliphatic heterocycles. The fourth-order valence-electron chi connectivity index (χ4n) is 1.95. The normalized spacial score (nSPS) is 13.0. The van der Waals surface area contributed by atoms with Crippen molar-refractivity contribution in [2.24, 2.45) is 10.2 Å². The smallest absolute Gasteiger partial charge is 0.0869 e. The lowest BCUT2D eigenvalue weighted by atomic mass is 10.2. The van der Waals surface area contributed by atoms with Crippen LogP contribution in [0.5, 0.6) is 0 Å². The van der Waals surface area contributed by atoms with E-state index in [2.05, 4.69) is 28.1 Å². The third-order valence-electron chi connectivity index (χ3n) is 3.02. The number of rotatable bonds is 2. The van der Waals surface area contributed by atoms with Gasteiger partial charge in [0, 0.05) is 11.1 Å². The Morgan fingerprint density at radius 3 is 2.43 bits per heavy atom. The van der Waals surface area contributed by atoms with Crippen LogP contribution in [0.2, 0.25) is 0 Å². The van der Waals surface area contributed by atoms with Crippen molar-refractivity contribution < 1.29 is 0 Å². The first-order valence-corrected chi connectivity index (χ1v) is 6.85. The van der Waals surface area contributed by atoms with Crippen LogP contribution in [0.25, 0.3) is 0 Å². The molecule has 0 saturated heterocycles. The van der Waals surface area contributed by atoms with Gasteiger partial charge in [0.25, 0.3) is 0 Å². The van der Waals surface area contributed by atoms with Gasteiger partial charge in [-0.25, -0.2) is 0 Å². The Hall–Kier alpha value is -2.92. The molecule has 100 valence electrons. The predicted octanol–water partition coefficient (Wildman–Crippen LogP) is 5.34. The third kappa shape index (κ3) is 3.77. The van der Waals surface area contributed by atoms with Crippen molar-refractivity contribution in [1.29, 1.82) is 0 Å². The van der Waals surface area contributed by atoms with E-state index in [1.54, 1.807) is 0 Å². The highest BCUT2D eigenvalue weighted by molar-refractivity contribution is 5.50. The first-order chi connectivity index (χ1) is 10.4. The van der Waals surface area contributed by atoms with Crippen molar-refractivity contribution in [1.82, 2.24) is 0 Å². The summed E-state index contributed by atoms with van der Waals surface area (Å²) in [5.41, 5.74) is 3.75. The minimum atomic E-state index is 0.809. The standard InChI is InChI=1S/C19H14N2/c1-2-10-18(11-3-1)20-21-19-12-6-9-17(15-19)14-13-16-7-4-5-8-16/h1-7,9-12,15H,8H2. The summed E-state index contributed by atoms with van der Waals surface area (Å²) in [6, 6.07) is 17.5. The molecule has 1 aliphatic rings. The van der Waals surface area contributed by atoms with E-state index in [1.807, 2.05) is 66.7 Å². The Bertz CT molecular complexity index is 772. The predicted molar refractivity (Wildman–Crippen MR) is 85.8 cm³/mol. The van der Waals surface area contributed by atoms with Crippen molar-refractivity contribution in [2.75, 3.05) is 0 Å². The van der Waals surface area contributed by atoms with Crippen LogP contribution in [0, 0.1) is 11.8 Å². The van der Waals surface area contributed by atoms with Crippen LogP contribution >= 0.6 is 0 Å². The average Bonchev–Trinajstić information content (AvgIpc) is 3.06. The van der Waals surface area contributed by atoms with E-state index in [1.165, 1.54) is 0 Å². The Kier molecular flexibility index (Phi) is 4.04. The molecule has 0 radical (unpaired) electrons. The maximum absolute atomic E-state index is 4.25. The molecule has 0 heterocycles. The molecule has 0 unspecified atom stereocenters. The molecule has 2 heteroatoms. The molecule has 0 bridgehead atoms. The lowest BCUT2D eigenvalue weighted by Crippen LogP contribution is -1.75. The molecule has 2 nitrogen and oxygen atoms in total. The molecule has 0 atom stereocenters. The van der Waals surface area contributed by atoms with Gasteiger partial charge in [0.05, 0.1) is 11.4 Å². The highest BCUT2D eigenvalue weighted by Gasteiger charge is 1.95. The Morgan fingerprint density at radius 2 is 1.62 bits per heavy atom. The van der Waals surface area contributed by atoms with E-state index in [-0.39, 0.29) is 0 Å². The molecule has 2 aromatic carbocycles. The minimum absolute atomic E-state index is 0.809. The van der Waals surface area contributed by atoms with Gasteiger partial charge in [-0.2, -0.15) is 10.2 Å². The SMILES string of the molecule is C(#Cc1cccc(N=Nc2ccccc2)c1)C1=CC=CC1. The first kappa shape index (κ1) is 13.1. The second-order valence-electron chi connectivity index (χ2n) is 4.66. The van der Waals surface area contributed by atoms with E-state index < -0.39 is 0 Å².